The van der Waals surface area contributed by atoms with Crippen LogP contribution >= 0.6 is 0 Å². The molecule has 0 bridgehead atoms. The van der Waals surface area contributed by atoms with Crippen molar-refractivity contribution in [3.8, 4) is 0 Å². The van der Waals surface area contributed by atoms with E-state index < -0.39 is 22.0 Å². The van der Waals surface area contributed by atoms with Gasteiger partial charge in [-0.1, -0.05) is 25.1 Å². The molecule has 0 saturated carbocycles. The third-order valence-corrected chi connectivity index (χ3v) is 5.91. The summed E-state index contributed by atoms with van der Waals surface area (Å²) in [7, 11) is -1.21. The monoisotopic (exact) mass is 348 g/mol. The fraction of sp³-hybridized carbons (Fsp3) is 0.278. The van der Waals surface area contributed by atoms with Gasteiger partial charge in [-0.3, -0.25) is 14.1 Å². The standard InChI is InChI=1S/C18H21FN2O2S/c1-11-16(19)8-7-14-15(10-21(2)18(22)17(11)14)12-5-4-6-13(9-12)24(3,20)23/h4-11,17,24H,1-3H3,(H2,20,23). The first-order valence-electron chi connectivity index (χ1n) is 7.73. The Bertz CT molecular complexity index is 850. The third kappa shape index (κ3) is 2.76. The molecule has 0 aromatic heterocycles. The van der Waals surface area contributed by atoms with Crippen LogP contribution in [0.4, 0.5) is 4.39 Å². The van der Waals surface area contributed by atoms with Crippen molar-refractivity contribution in [3.63, 3.8) is 0 Å². The van der Waals surface area contributed by atoms with Crippen LogP contribution in [-0.2, 0) is 14.9 Å². The molecular formula is C18H21FN2O2S. The van der Waals surface area contributed by atoms with E-state index in [4.69, 9.17) is 5.14 Å². The van der Waals surface area contributed by atoms with Gasteiger partial charge in [0.25, 0.3) is 0 Å². The van der Waals surface area contributed by atoms with Crippen molar-refractivity contribution in [2.45, 2.75) is 11.8 Å². The van der Waals surface area contributed by atoms with Crippen LogP contribution in [-0.4, -0.2) is 28.3 Å². The fourth-order valence-corrected chi connectivity index (χ4v) is 3.98. The largest absolute Gasteiger partial charge is 0.321 e. The van der Waals surface area contributed by atoms with Crippen molar-refractivity contribution in [1.82, 2.24) is 4.90 Å². The molecule has 2 aliphatic rings. The van der Waals surface area contributed by atoms with Crippen molar-refractivity contribution >= 4 is 21.6 Å². The molecule has 24 heavy (non-hydrogen) atoms. The highest BCUT2D eigenvalue weighted by atomic mass is 32.3. The quantitative estimate of drug-likeness (QED) is 0.806. The zero-order chi connectivity index (χ0) is 17.6. The van der Waals surface area contributed by atoms with E-state index in [9.17, 15) is 13.4 Å². The SMILES string of the molecule is CC1C(F)=CC=C2C(c3cccc([SH](C)(N)=O)c3)=CN(C)C(=O)C21. The van der Waals surface area contributed by atoms with Gasteiger partial charge in [0.1, 0.15) is 5.83 Å². The second-order valence-electron chi connectivity index (χ2n) is 6.47. The number of allylic oxidation sites excluding steroid dienone is 4. The number of nitrogens with two attached hydrogens (primary N) is 1. The lowest BCUT2D eigenvalue weighted by molar-refractivity contribution is -0.132. The van der Waals surface area contributed by atoms with Crippen LogP contribution in [0.3, 0.4) is 0 Å². The zero-order valence-electron chi connectivity index (χ0n) is 13.9. The van der Waals surface area contributed by atoms with Crippen molar-refractivity contribution < 1.29 is 13.4 Å². The Hall–Kier alpha value is -2.05. The molecule has 128 valence electrons. The average molecular weight is 348 g/mol. The lowest BCUT2D eigenvalue weighted by Crippen LogP contribution is -2.39. The number of halogens is 1. The zero-order valence-corrected chi connectivity index (χ0v) is 14.8. The lowest BCUT2D eigenvalue weighted by atomic mass is 9.75. The second kappa shape index (κ2) is 5.79. The minimum Gasteiger partial charge on any atom is -0.321 e. The van der Waals surface area contributed by atoms with Crippen LogP contribution < -0.4 is 5.14 Å². The molecule has 1 aliphatic carbocycles. The van der Waals surface area contributed by atoms with E-state index in [1.807, 2.05) is 6.07 Å². The normalized spacial score (nSPS) is 24.8. The summed E-state index contributed by atoms with van der Waals surface area (Å²) in [5.41, 5.74) is 2.43. The molecular weight excluding hydrogens is 327 g/mol. The molecule has 6 heteroatoms. The van der Waals surface area contributed by atoms with E-state index in [-0.39, 0.29) is 11.7 Å². The van der Waals surface area contributed by atoms with Crippen LogP contribution in [0.25, 0.3) is 5.57 Å². The van der Waals surface area contributed by atoms with Gasteiger partial charge in [-0.25, -0.2) is 4.39 Å². The number of carbonyl (C=O) groups excluding carboxylic acids is 1. The highest BCUT2D eigenvalue weighted by Crippen LogP contribution is 2.43. The van der Waals surface area contributed by atoms with E-state index in [0.717, 1.165) is 16.7 Å². The van der Waals surface area contributed by atoms with Gasteiger partial charge in [-0.15, -0.1) is 0 Å². The number of rotatable bonds is 2. The van der Waals surface area contributed by atoms with Gasteiger partial charge < -0.3 is 4.90 Å². The number of hydrogen-bond acceptors (Lipinski definition) is 2. The molecule has 4 nitrogen and oxygen atoms in total. The smallest absolute Gasteiger partial charge is 0.234 e. The number of hydrogen-bond donors (Lipinski definition) is 2. The number of nitrogens with zero attached hydrogens (tertiary/aromatic N) is 1. The first-order chi connectivity index (χ1) is 11.2. The van der Waals surface area contributed by atoms with E-state index in [0.29, 0.717) is 4.90 Å². The number of amides is 1. The Morgan fingerprint density at radius 1 is 1.29 bits per heavy atom. The minimum absolute atomic E-state index is 0.128. The summed E-state index contributed by atoms with van der Waals surface area (Å²) in [4.78, 5) is 14.6. The van der Waals surface area contributed by atoms with Crippen LogP contribution in [0, 0.1) is 11.8 Å². The maximum absolute atomic E-state index is 14.0. The number of thiol groups is 1. The third-order valence-electron chi connectivity index (χ3n) is 4.61. The Morgan fingerprint density at radius 3 is 2.67 bits per heavy atom. The fourth-order valence-electron chi connectivity index (χ4n) is 3.20. The first kappa shape index (κ1) is 16.8. The topological polar surface area (TPSA) is 63.4 Å². The highest BCUT2D eigenvalue weighted by Gasteiger charge is 2.39. The summed E-state index contributed by atoms with van der Waals surface area (Å²) in [6.07, 6.45) is 6.34. The molecule has 0 saturated heterocycles. The summed E-state index contributed by atoms with van der Waals surface area (Å²) in [6.45, 7) is 1.72. The second-order valence-corrected chi connectivity index (χ2v) is 8.97. The maximum Gasteiger partial charge on any atom is 0.234 e. The Labute approximate surface area is 142 Å². The molecule has 1 heterocycles. The van der Waals surface area contributed by atoms with Gasteiger partial charge in [0.05, 0.1) is 5.92 Å². The van der Waals surface area contributed by atoms with Gasteiger partial charge in [0, 0.05) is 35.9 Å². The van der Waals surface area contributed by atoms with Crippen molar-refractivity contribution in [1.29, 1.82) is 0 Å². The van der Waals surface area contributed by atoms with Gasteiger partial charge in [0.15, 0.2) is 0 Å². The summed E-state index contributed by atoms with van der Waals surface area (Å²) in [5, 5.41) is 5.77. The summed E-state index contributed by atoms with van der Waals surface area (Å²) in [6, 6.07) is 7.19. The van der Waals surface area contributed by atoms with Crippen molar-refractivity contribution in [2.24, 2.45) is 17.0 Å². The van der Waals surface area contributed by atoms with Crippen LogP contribution in [0.5, 0.6) is 0 Å². The van der Waals surface area contributed by atoms with Crippen LogP contribution in [0.2, 0.25) is 0 Å². The van der Waals surface area contributed by atoms with Crippen molar-refractivity contribution in [3.05, 3.63) is 59.6 Å². The first-order valence-corrected chi connectivity index (χ1v) is 9.95. The lowest BCUT2D eigenvalue weighted by Gasteiger charge is -2.35. The average Bonchev–Trinajstić information content (AvgIpc) is 2.53. The summed E-state index contributed by atoms with van der Waals surface area (Å²) < 4.78 is 26.1. The minimum atomic E-state index is -2.88. The van der Waals surface area contributed by atoms with Gasteiger partial charge in [-0.2, -0.15) is 0 Å². The molecule has 0 spiro atoms. The number of benzene rings is 1. The molecule has 1 aliphatic heterocycles. The van der Waals surface area contributed by atoms with Gasteiger partial charge in [0.2, 0.25) is 5.91 Å². The Kier molecular flexibility index (Phi) is 4.05. The van der Waals surface area contributed by atoms with Gasteiger partial charge >= 0.3 is 0 Å². The van der Waals surface area contributed by atoms with Gasteiger partial charge in [-0.05, 0) is 39.5 Å². The summed E-state index contributed by atoms with van der Waals surface area (Å²) >= 11 is 0. The summed E-state index contributed by atoms with van der Waals surface area (Å²) in [5.74, 6) is -1.47. The number of carbonyl (C=O) groups is 1. The van der Waals surface area contributed by atoms with E-state index in [1.54, 1.807) is 44.4 Å². The number of fused-ring (bicyclic) bond motifs is 1. The van der Waals surface area contributed by atoms with E-state index in [2.05, 4.69) is 0 Å². The molecule has 2 N–H and O–H groups in total. The Morgan fingerprint density at radius 2 is 2.00 bits per heavy atom. The predicted molar refractivity (Wildman–Crippen MR) is 95.0 cm³/mol. The molecule has 3 rings (SSSR count). The predicted octanol–water partition coefficient (Wildman–Crippen LogP) is 2.42. The Balaban J connectivity index is 2.15. The van der Waals surface area contributed by atoms with E-state index in [1.165, 1.54) is 17.2 Å². The molecule has 0 fully saturated rings. The molecule has 1 amide bonds. The maximum atomic E-state index is 14.0. The van der Waals surface area contributed by atoms with Crippen molar-refractivity contribution in [2.75, 3.05) is 13.3 Å². The highest BCUT2D eigenvalue weighted by molar-refractivity contribution is 8.00. The van der Waals surface area contributed by atoms with Crippen LogP contribution in [0.15, 0.2) is 58.9 Å². The molecule has 0 radical (unpaired) electrons. The molecule has 2 unspecified atom stereocenters. The molecule has 1 aromatic carbocycles. The molecule has 1 aromatic rings. The molecule has 2 atom stereocenters. The van der Waals surface area contributed by atoms with E-state index >= 15 is 0 Å². The van der Waals surface area contributed by atoms with Crippen LogP contribution in [0.1, 0.15) is 12.5 Å².